The molecule has 0 aromatic heterocycles. The number of carboxylic acid groups (broad SMARTS) is 1. The van der Waals surface area contributed by atoms with Gasteiger partial charge in [0.2, 0.25) is 10.0 Å². The lowest BCUT2D eigenvalue weighted by atomic mass is 9.99. The van der Waals surface area contributed by atoms with Gasteiger partial charge in [0.25, 0.3) is 0 Å². The molecular formula is C12H12BrCl2NO4S. The first-order chi connectivity index (χ1) is 9.64. The Morgan fingerprint density at radius 2 is 1.86 bits per heavy atom. The van der Waals surface area contributed by atoms with Crippen molar-refractivity contribution in [3.8, 4) is 0 Å². The molecule has 1 aromatic carbocycles. The highest BCUT2D eigenvalue weighted by atomic mass is 79.9. The zero-order chi connectivity index (χ0) is 15.9. The van der Waals surface area contributed by atoms with Gasteiger partial charge in [-0.3, -0.25) is 4.79 Å². The Morgan fingerprint density at radius 3 is 2.29 bits per heavy atom. The summed E-state index contributed by atoms with van der Waals surface area (Å²) in [6, 6.07) is 2.88. The van der Waals surface area contributed by atoms with Crippen LogP contribution in [0.15, 0.2) is 21.5 Å². The van der Waals surface area contributed by atoms with E-state index in [0.29, 0.717) is 4.47 Å². The van der Waals surface area contributed by atoms with Crippen molar-refractivity contribution >= 4 is 55.1 Å². The maximum atomic E-state index is 12.6. The van der Waals surface area contributed by atoms with Crippen molar-refractivity contribution in [2.45, 2.75) is 11.8 Å². The topological polar surface area (TPSA) is 74.7 Å². The van der Waals surface area contributed by atoms with Gasteiger partial charge in [-0.1, -0.05) is 46.1 Å². The molecular weight excluding hydrogens is 405 g/mol. The minimum Gasteiger partial charge on any atom is -0.481 e. The Kier molecular flexibility index (Phi) is 4.90. The zero-order valence-corrected chi connectivity index (χ0v) is 14.8. The molecule has 0 radical (unpaired) electrons. The number of benzene rings is 1. The van der Waals surface area contributed by atoms with Gasteiger partial charge in [0.15, 0.2) is 0 Å². The van der Waals surface area contributed by atoms with E-state index in [9.17, 15) is 13.2 Å². The van der Waals surface area contributed by atoms with Gasteiger partial charge in [-0.2, -0.15) is 4.31 Å². The van der Waals surface area contributed by atoms with Crippen LogP contribution >= 0.6 is 39.1 Å². The van der Waals surface area contributed by atoms with Crippen LogP contribution in [0.1, 0.15) is 6.92 Å². The van der Waals surface area contributed by atoms with Gasteiger partial charge in [-0.25, -0.2) is 8.42 Å². The molecule has 1 heterocycles. The summed E-state index contributed by atoms with van der Waals surface area (Å²) in [7, 11) is -3.93. The second kappa shape index (κ2) is 6.04. The Hall–Kier alpha value is -0.340. The standard InChI is InChI=1S/C12H12BrCl2NO4S/c1-6-4-16(5-8(6)12(17)18)21(19,20)11-9(14)2-7(13)3-10(11)15/h2-3,6,8H,4-5H2,1H3,(H,17,18). The summed E-state index contributed by atoms with van der Waals surface area (Å²) in [5, 5.41) is 9.10. The third-order valence-electron chi connectivity index (χ3n) is 3.46. The van der Waals surface area contributed by atoms with Crippen molar-refractivity contribution < 1.29 is 18.3 Å². The number of aliphatic carboxylic acids is 1. The van der Waals surface area contributed by atoms with Crippen LogP contribution in [0.25, 0.3) is 0 Å². The van der Waals surface area contributed by atoms with E-state index >= 15 is 0 Å². The number of halogens is 3. The molecule has 116 valence electrons. The summed E-state index contributed by atoms with van der Waals surface area (Å²) in [5.41, 5.74) is 0. The number of hydrogen-bond acceptors (Lipinski definition) is 3. The van der Waals surface area contributed by atoms with Crippen LogP contribution in [0.4, 0.5) is 0 Å². The van der Waals surface area contributed by atoms with E-state index in [1.54, 1.807) is 6.92 Å². The van der Waals surface area contributed by atoms with Crippen molar-refractivity contribution in [1.82, 2.24) is 4.31 Å². The monoisotopic (exact) mass is 415 g/mol. The van der Waals surface area contributed by atoms with Crippen LogP contribution in [-0.2, 0) is 14.8 Å². The zero-order valence-electron chi connectivity index (χ0n) is 10.9. The van der Waals surface area contributed by atoms with Crippen molar-refractivity contribution in [3.63, 3.8) is 0 Å². The fraction of sp³-hybridized carbons (Fsp3) is 0.417. The van der Waals surface area contributed by atoms with E-state index in [1.807, 2.05) is 0 Å². The molecule has 0 saturated carbocycles. The first-order valence-electron chi connectivity index (χ1n) is 6.02. The molecule has 5 nitrogen and oxygen atoms in total. The van der Waals surface area contributed by atoms with Gasteiger partial charge in [0.05, 0.1) is 16.0 Å². The molecule has 1 aliphatic heterocycles. The molecule has 2 atom stereocenters. The van der Waals surface area contributed by atoms with Gasteiger partial charge in [-0.05, 0) is 18.1 Å². The first-order valence-corrected chi connectivity index (χ1v) is 9.01. The maximum absolute atomic E-state index is 12.6. The van der Waals surface area contributed by atoms with Gasteiger partial charge in [-0.15, -0.1) is 0 Å². The molecule has 9 heteroatoms. The van der Waals surface area contributed by atoms with Crippen molar-refractivity contribution in [2.75, 3.05) is 13.1 Å². The highest BCUT2D eigenvalue weighted by Gasteiger charge is 2.42. The molecule has 1 aliphatic rings. The van der Waals surface area contributed by atoms with Crippen LogP contribution in [0.5, 0.6) is 0 Å². The molecule has 1 saturated heterocycles. The molecule has 1 fully saturated rings. The maximum Gasteiger partial charge on any atom is 0.308 e. The van der Waals surface area contributed by atoms with Crippen LogP contribution in [0.2, 0.25) is 10.0 Å². The number of nitrogens with zero attached hydrogens (tertiary/aromatic N) is 1. The summed E-state index contributed by atoms with van der Waals surface area (Å²) in [6.45, 7) is 1.75. The Bertz CT molecular complexity index is 671. The van der Waals surface area contributed by atoms with Crippen LogP contribution < -0.4 is 0 Å². The lowest BCUT2D eigenvalue weighted by Gasteiger charge is -2.18. The van der Waals surface area contributed by atoms with E-state index in [1.165, 1.54) is 12.1 Å². The molecule has 0 amide bonds. The second-order valence-electron chi connectivity index (χ2n) is 4.94. The normalized spacial score (nSPS) is 23.4. The Morgan fingerprint density at radius 1 is 1.33 bits per heavy atom. The van der Waals surface area contributed by atoms with E-state index in [2.05, 4.69) is 15.9 Å². The minimum atomic E-state index is -3.93. The predicted octanol–water partition coefficient (Wildman–Crippen LogP) is 3.10. The molecule has 1 aromatic rings. The van der Waals surface area contributed by atoms with Gasteiger partial charge >= 0.3 is 5.97 Å². The quantitative estimate of drug-likeness (QED) is 0.821. The Labute approximate surface area is 141 Å². The molecule has 21 heavy (non-hydrogen) atoms. The summed E-state index contributed by atoms with van der Waals surface area (Å²) >= 11 is 15.2. The molecule has 0 spiro atoms. The average molecular weight is 417 g/mol. The molecule has 2 rings (SSSR count). The van der Waals surface area contributed by atoms with Crippen LogP contribution in [0, 0.1) is 11.8 Å². The summed E-state index contributed by atoms with van der Waals surface area (Å²) in [6.07, 6.45) is 0. The van der Waals surface area contributed by atoms with Gasteiger partial charge < -0.3 is 5.11 Å². The number of rotatable bonds is 3. The highest BCUT2D eigenvalue weighted by Crippen LogP contribution is 2.37. The van der Waals surface area contributed by atoms with E-state index in [4.69, 9.17) is 28.3 Å². The van der Waals surface area contributed by atoms with Gasteiger partial charge in [0, 0.05) is 17.6 Å². The molecule has 1 N–H and O–H groups in total. The first kappa shape index (κ1) is 17.0. The van der Waals surface area contributed by atoms with Crippen LogP contribution in [0.3, 0.4) is 0 Å². The van der Waals surface area contributed by atoms with E-state index in [0.717, 1.165) is 4.31 Å². The number of hydrogen-bond donors (Lipinski definition) is 1. The van der Waals surface area contributed by atoms with E-state index < -0.39 is 21.9 Å². The largest absolute Gasteiger partial charge is 0.481 e. The third-order valence-corrected chi connectivity index (χ3v) is 6.67. The van der Waals surface area contributed by atoms with Crippen molar-refractivity contribution in [2.24, 2.45) is 11.8 Å². The third kappa shape index (κ3) is 3.22. The lowest BCUT2D eigenvalue weighted by Crippen LogP contribution is -2.30. The Balaban J connectivity index is 2.43. The fourth-order valence-corrected chi connectivity index (χ4v) is 5.80. The minimum absolute atomic E-state index is 0.000744. The van der Waals surface area contributed by atoms with Crippen molar-refractivity contribution in [1.29, 1.82) is 0 Å². The molecule has 2 unspecified atom stereocenters. The lowest BCUT2D eigenvalue weighted by molar-refractivity contribution is -0.142. The summed E-state index contributed by atoms with van der Waals surface area (Å²) in [4.78, 5) is 10.9. The highest BCUT2D eigenvalue weighted by molar-refractivity contribution is 9.10. The second-order valence-corrected chi connectivity index (χ2v) is 8.55. The number of carboxylic acids is 1. The van der Waals surface area contributed by atoms with Crippen LogP contribution in [-0.4, -0.2) is 36.9 Å². The number of carbonyl (C=O) groups is 1. The average Bonchev–Trinajstić information content (AvgIpc) is 2.70. The summed E-state index contributed by atoms with van der Waals surface area (Å²) < 4.78 is 27.0. The van der Waals surface area contributed by atoms with E-state index in [-0.39, 0.29) is 33.9 Å². The fourth-order valence-electron chi connectivity index (χ4n) is 2.34. The molecule has 0 aliphatic carbocycles. The van der Waals surface area contributed by atoms with Crippen molar-refractivity contribution in [3.05, 3.63) is 26.7 Å². The smallest absolute Gasteiger partial charge is 0.308 e. The number of sulfonamides is 1. The summed E-state index contributed by atoms with van der Waals surface area (Å²) in [5.74, 6) is -2.01. The predicted molar refractivity (Wildman–Crippen MR) is 83.2 cm³/mol. The SMILES string of the molecule is CC1CN(S(=O)(=O)c2c(Cl)cc(Br)cc2Cl)CC1C(=O)O. The molecule has 0 bridgehead atoms. The van der Waals surface area contributed by atoms with Gasteiger partial charge in [0.1, 0.15) is 4.90 Å².